The van der Waals surface area contributed by atoms with Crippen LogP contribution in [0.5, 0.6) is 0 Å². The molecule has 0 unspecified atom stereocenters. The van der Waals surface area contributed by atoms with Crippen molar-refractivity contribution in [1.82, 2.24) is 0 Å². The summed E-state index contributed by atoms with van der Waals surface area (Å²) in [5.41, 5.74) is 0. The standard InChI is InChI=1S/C12H8Cl6O/c13-8-9(14)6-2-1-3(7(6)19)4-5(2)11(9,16)12(17,18)10(4,8)15/h2-6,8H,1H2/t2-,3+,4+,5-,6+,8+,9-,10+,11-/m0/s1. The Morgan fingerprint density at radius 3 is 2.26 bits per heavy atom. The second kappa shape index (κ2) is 2.93. The quantitative estimate of drug-likeness (QED) is 0.584. The molecule has 19 heavy (non-hydrogen) atoms. The summed E-state index contributed by atoms with van der Waals surface area (Å²) < 4.78 is -1.40. The van der Waals surface area contributed by atoms with Crippen molar-refractivity contribution in [3.05, 3.63) is 0 Å². The molecule has 0 aliphatic heterocycles. The Kier molecular flexibility index (Phi) is 1.99. The topological polar surface area (TPSA) is 17.1 Å². The van der Waals surface area contributed by atoms with Gasteiger partial charge >= 0.3 is 0 Å². The molecule has 5 fully saturated rings. The molecule has 4 bridgehead atoms. The lowest BCUT2D eigenvalue weighted by atomic mass is 9.76. The van der Waals surface area contributed by atoms with E-state index < -0.39 is 24.3 Å². The van der Waals surface area contributed by atoms with Crippen LogP contribution in [0.4, 0.5) is 0 Å². The van der Waals surface area contributed by atoms with Crippen LogP contribution in [0.3, 0.4) is 0 Å². The van der Waals surface area contributed by atoms with Crippen LogP contribution in [-0.4, -0.2) is 30.1 Å². The van der Waals surface area contributed by atoms with Gasteiger partial charge in [-0.15, -0.1) is 46.4 Å². The monoisotopic (exact) mass is 378 g/mol. The van der Waals surface area contributed by atoms with Crippen LogP contribution < -0.4 is 0 Å². The normalized spacial score (nSPS) is 73.7. The zero-order valence-electron chi connectivity index (χ0n) is 9.35. The Morgan fingerprint density at radius 1 is 1.00 bits per heavy atom. The van der Waals surface area contributed by atoms with Crippen molar-refractivity contribution in [3.63, 3.8) is 0 Å². The van der Waals surface area contributed by atoms with Crippen molar-refractivity contribution in [2.45, 2.75) is 30.8 Å². The van der Waals surface area contributed by atoms with Gasteiger partial charge in [-0.1, -0.05) is 23.2 Å². The van der Waals surface area contributed by atoms with Gasteiger partial charge in [0.1, 0.15) is 15.5 Å². The molecular weight excluding hydrogens is 373 g/mol. The average molecular weight is 381 g/mol. The van der Waals surface area contributed by atoms with E-state index in [-0.39, 0.29) is 35.4 Å². The molecule has 0 spiro atoms. The molecule has 5 aliphatic rings. The Balaban J connectivity index is 1.95. The predicted molar refractivity (Wildman–Crippen MR) is 76.9 cm³/mol. The highest BCUT2D eigenvalue weighted by Gasteiger charge is 3.00. The Labute approximate surface area is 140 Å². The zero-order chi connectivity index (χ0) is 13.7. The highest BCUT2D eigenvalue weighted by molar-refractivity contribution is 6.64. The van der Waals surface area contributed by atoms with Crippen LogP contribution in [0, 0.1) is 29.6 Å². The number of halogens is 6. The molecule has 0 N–H and O–H groups in total. The molecule has 0 aromatic rings. The third-order valence-electron chi connectivity index (χ3n) is 6.54. The molecule has 5 saturated carbocycles. The van der Waals surface area contributed by atoms with Gasteiger partial charge < -0.3 is 0 Å². The third kappa shape index (κ3) is 0.788. The molecule has 1 nitrogen and oxygen atoms in total. The van der Waals surface area contributed by atoms with Gasteiger partial charge in [0.15, 0.2) is 4.33 Å². The predicted octanol–water partition coefficient (Wildman–Crippen LogP) is 3.81. The summed E-state index contributed by atoms with van der Waals surface area (Å²) in [5.74, 6) is -0.312. The van der Waals surface area contributed by atoms with Crippen molar-refractivity contribution in [1.29, 1.82) is 0 Å². The van der Waals surface area contributed by atoms with E-state index in [9.17, 15) is 4.79 Å². The lowest BCUT2D eigenvalue weighted by Crippen LogP contribution is -2.54. The minimum Gasteiger partial charge on any atom is -0.299 e. The van der Waals surface area contributed by atoms with Crippen molar-refractivity contribution in [3.8, 4) is 0 Å². The first kappa shape index (κ1) is 12.9. The van der Waals surface area contributed by atoms with E-state index in [0.29, 0.717) is 0 Å². The lowest BCUT2D eigenvalue weighted by molar-refractivity contribution is -0.126. The minimum atomic E-state index is -1.40. The molecule has 5 aliphatic carbocycles. The molecule has 0 radical (unpaired) electrons. The van der Waals surface area contributed by atoms with Crippen molar-refractivity contribution in [2.75, 3.05) is 0 Å². The first-order chi connectivity index (χ1) is 8.66. The molecule has 0 aromatic heterocycles. The number of alkyl halides is 6. The number of hydrogen-bond donors (Lipinski definition) is 0. The number of fused-ring (bicyclic) bond motifs is 5. The summed E-state index contributed by atoms with van der Waals surface area (Å²) in [5, 5.41) is -0.693. The smallest absolute Gasteiger partial charge is 0.160 e. The second-order valence-corrected chi connectivity index (χ2v) is 10.2. The van der Waals surface area contributed by atoms with Gasteiger partial charge in [-0.25, -0.2) is 0 Å². The van der Waals surface area contributed by atoms with Crippen LogP contribution in [0.25, 0.3) is 0 Å². The lowest BCUT2D eigenvalue weighted by Gasteiger charge is -2.41. The maximum absolute atomic E-state index is 12.6. The van der Waals surface area contributed by atoms with E-state index in [1.165, 1.54) is 0 Å². The van der Waals surface area contributed by atoms with E-state index in [1.54, 1.807) is 0 Å². The van der Waals surface area contributed by atoms with Gasteiger partial charge in [0.05, 0.1) is 10.3 Å². The van der Waals surface area contributed by atoms with Crippen LogP contribution in [0.15, 0.2) is 0 Å². The fourth-order valence-electron chi connectivity index (χ4n) is 6.19. The van der Waals surface area contributed by atoms with Gasteiger partial charge in [-0.3, -0.25) is 4.79 Å². The fraction of sp³-hybridized carbons (Fsp3) is 0.917. The summed E-state index contributed by atoms with van der Waals surface area (Å²) in [6, 6.07) is 0. The Bertz CT molecular complexity index is 564. The number of rotatable bonds is 0. The third-order valence-corrected chi connectivity index (χ3v) is 11.5. The fourth-order valence-corrected chi connectivity index (χ4v) is 10.2. The van der Waals surface area contributed by atoms with Crippen LogP contribution in [0.1, 0.15) is 6.42 Å². The second-order valence-electron chi connectivity index (χ2n) is 6.62. The van der Waals surface area contributed by atoms with Gasteiger partial charge in [0.25, 0.3) is 0 Å². The maximum atomic E-state index is 12.6. The summed E-state index contributed by atoms with van der Waals surface area (Å²) in [7, 11) is 0. The number of Topliss-reactive ketones (excluding diaryl/α,β-unsaturated/α-hetero) is 1. The van der Waals surface area contributed by atoms with Gasteiger partial charge in [0, 0.05) is 11.8 Å². The van der Waals surface area contributed by atoms with Crippen molar-refractivity contribution in [2.24, 2.45) is 29.6 Å². The highest BCUT2D eigenvalue weighted by Crippen LogP contribution is 2.90. The van der Waals surface area contributed by atoms with Gasteiger partial charge in [-0.05, 0) is 24.2 Å². The van der Waals surface area contributed by atoms with E-state index >= 15 is 0 Å². The van der Waals surface area contributed by atoms with E-state index in [0.717, 1.165) is 6.42 Å². The van der Waals surface area contributed by atoms with Crippen molar-refractivity contribution >= 4 is 75.4 Å². The zero-order valence-corrected chi connectivity index (χ0v) is 13.9. The molecule has 0 heterocycles. The van der Waals surface area contributed by atoms with E-state index in [4.69, 9.17) is 69.6 Å². The van der Waals surface area contributed by atoms with Gasteiger partial charge in [-0.2, -0.15) is 0 Å². The summed E-state index contributed by atoms with van der Waals surface area (Å²) in [6.45, 7) is 0. The van der Waals surface area contributed by atoms with E-state index in [2.05, 4.69) is 0 Å². The molecule has 0 saturated heterocycles. The molecule has 104 valence electrons. The first-order valence-electron chi connectivity index (χ1n) is 6.29. The SMILES string of the molecule is O=C1[C@@H]2C[C@H]3[C@H]4[C@@H]2[C@@]2(Cl)[C@H](Cl)[C@@](Cl)([C@@H]13)[C@]4(Cl)C2(Cl)Cl. The number of hydrogen-bond acceptors (Lipinski definition) is 1. The van der Waals surface area contributed by atoms with E-state index in [1.807, 2.05) is 0 Å². The summed E-state index contributed by atoms with van der Waals surface area (Å²) in [4.78, 5) is 9.19. The Morgan fingerprint density at radius 2 is 1.63 bits per heavy atom. The number of carbonyl (C=O) groups is 1. The maximum Gasteiger partial charge on any atom is 0.160 e. The molecule has 0 amide bonds. The molecule has 0 aromatic carbocycles. The van der Waals surface area contributed by atoms with Crippen molar-refractivity contribution < 1.29 is 4.79 Å². The van der Waals surface area contributed by atoms with Crippen LogP contribution in [0.2, 0.25) is 0 Å². The summed E-state index contributed by atoms with van der Waals surface area (Å²) >= 11 is 40.2. The minimum absolute atomic E-state index is 0.00173. The largest absolute Gasteiger partial charge is 0.299 e. The molecular formula is C12H8Cl6O. The summed E-state index contributed by atoms with van der Waals surface area (Å²) in [6.07, 6.45) is 0.809. The highest BCUT2D eigenvalue weighted by atomic mass is 35.5. The number of ketones is 1. The van der Waals surface area contributed by atoms with Gasteiger partial charge in [0.2, 0.25) is 0 Å². The average Bonchev–Trinajstić information content (AvgIpc) is 2.95. The molecule has 9 atom stereocenters. The van der Waals surface area contributed by atoms with Crippen LogP contribution >= 0.6 is 69.6 Å². The Hall–Kier alpha value is 1.41. The first-order valence-corrected chi connectivity index (χ1v) is 8.61. The molecule has 5 rings (SSSR count). The number of carbonyl (C=O) groups excluding carboxylic acids is 1. The van der Waals surface area contributed by atoms with Crippen LogP contribution in [-0.2, 0) is 4.79 Å². The molecule has 7 heteroatoms.